The van der Waals surface area contributed by atoms with Crippen LogP contribution in [0.1, 0.15) is 39.2 Å². The summed E-state index contributed by atoms with van der Waals surface area (Å²) >= 11 is 1.62. The van der Waals surface area contributed by atoms with E-state index in [1.54, 1.807) is 16.2 Å². The van der Waals surface area contributed by atoms with Crippen molar-refractivity contribution in [3.8, 4) is 0 Å². The zero-order valence-corrected chi connectivity index (χ0v) is 15.1. The summed E-state index contributed by atoms with van der Waals surface area (Å²) < 4.78 is 10.5. The predicted molar refractivity (Wildman–Crippen MR) is 89.5 cm³/mol. The maximum absolute atomic E-state index is 12.4. The van der Waals surface area contributed by atoms with E-state index in [2.05, 4.69) is 5.38 Å². The van der Waals surface area contributed by atoms with Gasteiger partial charge in [0, 0.05) is 13.1 Å². The molecule has 0 saturated carbocycles. The van der Waals surface area contributed by atoms with Crippen molar-refractivity contribution in [3.63, 3.8) is 0 Å². The zero-order chi connectivity index (χ0) is 17.1. The van der Waals surface area contributed by atoms with Crippen LogP contribution in [-0.4, -0.2) is 42.8 Å². The Labute approximate surface area is 141 Å². The van der Waals surface area contributed by atoms with Crippen LogP contribution in [0.4, 0.5) is 4.79 Å². The van der Waals surface area contributed by atoms with Gasteiger partial charge in [-0.25, -0.2) is 4.79 Å². The van der Waals surface area contributed by atoms with E-state index < -0.39 is 11.0 Å². The summed E-state index contributed by atoms with van der Waals surface area (Å²) in [5, 5.41) is 4.07. The van der Waals surface area contributed by atoms with Crippen LogP contribution in [0.3, 0.4) is 0 Å². The summed E-state index contributed by atoms with van der Waals surface area (Å²) in [6.07, 6.45) is 1.53. The van der Waals surface area contributed by atoms with E-state index in [9.17, 15) is 9.59 Å². The number of ether oxygens (including phenoxy) is 2. The summed E-state index contributed by atoms with van der Waals surface area (Å²) in [6.45, 7) is 6.57. The number of rotatable bonds is 3. The molecule has 1 fully saturated rings. The minimum atomic E-state index is -0.547. The lowest BCUT2D eigenvalue weighted by atomic mass is 9.74. The number of carbonyl (C=O) groups is 2. The van der Waals surface area contributed by atoms with Crippen molar-refractivity contribution in [1.29, 1.82) is 0 Å². The Morgan fingerprint density at radius 2 is 1.96 bits per heavy atom. The first-order chi connectivity index (χ1) is 10.8. The van der Waals surface area contributed by atoms with E-state index in [1.165, 1.54) is 7.11 Å². The molecule has 1 aromatic rings. The molecule has 1 aromatic heterocycles. The molecule has 1 saturated heterocycles. The molecule has 5 nitrogen and oxygen atoms in total. The van der Waals surface area contributed by atoms with Crippen LogP contribution in [0, 0.1) is 5.41 Å². The van der Waals surface area contributed by atoms with Gasteiger partial charge in [0.15, 0.2) is 0 Å². The van der Waals surface area contributed by atoms with Gasteiger partial charge in [0.25, 0.3) is 0 Å². The number of esters is 1. The van der Waals surface area contributed by atoms with Crippen LogP contribution in [0.5, 0.6) is 0 Å². The van der Waals surface area contributed by atoms with Gasteiger partial charge in [-0.3, -0.25) is 4.79 Å². The molecule has 0 spiro atoms. The van der Waals surface area contributed by atoms with Gasteiger partial charge in [0.2, 0.25) is 0 Å². The molecule has 0 radical (unpaired) electrons. The normalized spacial score (nSPS) is 17.7. The smallest absolute Gasteiger partial charge is 0.410 e. The standard InChI is InChI=1S/C17H25NO4S/c1-16(2,3)22-15(20)18-8-6-17(7-9-18,14(19)21-4)11-13-5-10-23-12-13/h5,10,12H,6-9,11H2,1-4H3. The van der Waals surface area contributed by atoms with E-state index in [0.29, 0.717) is 32.4 Å². The summed E-state index contributed by atoms with van der Waals surface area (Å²) in [4.78, 5) is 26.2. The van der Waals surface area contributed by atoms with Crippen LogP contribution in [0.2, 0.25) is 0 Å². The Kier molecular flexibility index (Phi) is 5.34. The number of carbonyl (C=O) groups excluding carboxylic acids is 2. The fourth-order valence-corrected chi connectivity index (χ4v) is 3.57. The number of nitrogens with zero attached hydrogens (tertiary/aromatic N) is 1. The second-order valence-corrected chi connectivity index (χ2v) is 7.83. The second kappa shape index (κ2) is 6.91. The van der Waals surface area contributed by atoms with E-state index in [1.807, 2.05) is 32.2 Å². The van der Waals surface area contributed by atoms with Gasteiger partial charge >= 0.3 is 12.1 Å². The lowest BCUT2D eigenvalue weighted by Crippen LogP contribution is -2.49. The molecule has 0 atom stereocenters. The SMILES string of the molecule is COC(=O)C1(Cc2ccsc2)CCN(C(=O)OC(C)(C)C)CC1. The van der Waals surface area contributed by atoms with Crippen molar-refractivity contribution >= 4 is 23.4 Å². The summed E-state index contributed by atoms with van der Waals surface area (Å²) in [5.74, 6) is -0.187. The molecule has 0 aliphatic carbocycles. The number of likely N-dealkylation sites (tertiary alicyclic amines) is 1. The molecule has 1 amide bonds. The van der Waals surface area contributed by atoms with Gasteiger partial charge in [-0.05, 0) is 62.4 Å². The van der Waals surface area contributed by atoms with Gasteiger partial charge < -0.3 is 14.4 Å². The third-order valence-electron chi connectivity index (χ3n) is 4.11. The van der Waals surface area contributed by atoms with Crippen LogP contribution >= 0.6 is 11.3 Å². The highest BCUT2D eigenvalue weighted by atomic mass is 32.1. The van der Waals surface area contributed by atoms with E-state index in [-0.39, 0.29) is 12.1 Å². The van der Waals surface area contributed by atoms with Gasteiger partial charge in [-0.1, -0.05) is 0 Å². The Morgan fingerprint density at radius 3 is 2.43 bits per heavy atom. The lowest BCUT2D eigenvalue weighted by Gasteiger charge is -2.40. The highest BCUT2D eigenvalue weighted by Gasteiger charge is 2.44. The van der Waals surface area contributed by atoms with E-state index in [4.69, 9.17) is 9.47 Å². The third-order valence-corrected chi connectivity index (χ3v) is 4.85. The molecule has 0 aromatic carbocycles. The van der Waals surface area contributed by atoms with Gasteiger partial charge in [-0.2, -0.15) is 11.3 Å². The van der Waals surface area contributed by atoms with Crippen molar-refractivity contribution in [2.75, 3.05) is 20.2 Å². The molecule has 2 rings (SSSR count). The zero-order valence-electron chi connectivity index (χ0n) is 14.3. The minimum Gasteiger partial charge on any atom is -0.469 e. The van der Waals surface area contributed by atoms with Gasteiger partial charge in [0.1, 0.15) is 5.60 Å². The molecular formula is C17H25NO4S. The number of hydrogen-bond acceptors (Lipinski definition) is 5. The third kappa shape index (κ3) is 4.47. The van der Waals surface area contributed by atoms with Crippen molar-refractivity contribution in [1.82, 2.24) is 4.90 Å². The number of hydrogen-bond donors (Lipinski definition) is 0. The van der Waals surface area contributed by atoms with Gasteiger partial charge in [0.05, 0.1) is 12.5 Å². The Bertz CT molecular complexity index is 539. The number of thiophene rings is 1. The van der Waals surface area contributed by atoms with Crippen LogP contribution < -0.4 is 0 Å². The van der Waals surface area contributed by atoms with Crippen molar-refractivity contribution in [2.45, 2.75) is 45.6 Å². The first-order valence-electron chi connectivity index (χ1n) is 7.83. The Balaban J connectivity index is 2.05. The molecule has 6 heteroatoms. The van der Waals surface area contributed by atoms with E-state index >= 15 is 0 Å². The summed E-state index contributed by atoms with van der Waals surface area (Å²) in [6, 6.07) is 2.04. The quantitative estimate of drug-likeness (QED) is 0.791. The molecule has 23 heavy (non-hydrogen) atoms. The number of piperidine rings is 1. The number of amides is 1. The average Bonchev–Trinajstić information content (AvgIpc) is 2.98. The monoisotopic (exact) mass is 339 g/mol. The van der Waals surface area contributed by atoms with Crippen LogP contribution in [0.25, 0.3) is 0 Å². The molecular weight excluding hydrogens is 314 g/mol. The second-order valence-electron chi connectivity index (χ2n) is 7.05. The van der Waals surface area contributed by atoms with Crippen molar-refractivity contribution < 1.29 is 19.1 Å². The maximum Gasteiger partial charge on any atom is 0.410 e. The first kappa shape index (κ1) is 17.8. The summed E-state index contributed by atoms with van der Waals surface area (Å²) in [5.41, 5.74) is 0.0880. The van der Waals surface area contributed by atoms with E-state index in [0.717, 1.165) is 5.56 Å². The fourth-order valence-electron chi connectivity index (χ4n) is 2.90. The average molecular weight is 339 g/mol. The summed E-state index contributed by atoms with van der Waals surface area (Å²) in [7, 11) is 1.43. The lowest BCUT2D eigenvalue weighted by molar-refractivity contribution is -0.155. The molecule has 0 N–H and O–H groups in total. The first-order valence-corrected chi connectivity index (χ1v) is 8.77. The van der Waals surface area contributed by atoms with Crippen LogP contribution in [0.15, 0.2) is 16.8 Å². The van der Waals surface area contributed by atoms with Crippen molar-refractivity contribution in [2.24, 2.45) is 5.41 Å². The molecule has 1 aliphatic rings. The minimum absolute atomic E-state index is 0.187. The Morgan fingerprint density at radius 1 is 1.30 bits per heavy atom. The maximum atomic E-state index is 12.4. The molecule has 0 bridgehead atoms. The van der Waals surface area contributed by atoms with Crippen molar-refractivity contribution in [3.05, 3.63) is 22.4 Å². The van der Waals surface area contributed by atoms with Crippen LogP contribution in [-0.2, 0) is 20.7 Å². The van der Waals surface area contributed by atoms with Gasteiger partial charge in [-0.15, -0.1) is 0 Å². The Hall–Kier alpha value is -1.56. The fraction of sp³-hybridized carbons (Fsp3) is 0.647. The highest BCUT2D eigenvalue weighted by Crippen LogP contribution is 2.37. The molecule has 2 heterocycles. The largest absolute Gasteiger partial charge is 0.469 e. The topological polar surface area (TPSA) is 55.8 Å². The predicted octanol–water partition coefficient (Wildman–Crippen LogP) is 3.48. The molecule has 1 aliphatic heterocycles. The highest BCUT2D eigenvalue weighted by molar-refractivity contribution is 7.07. The molecule has 0 unspecified atom stereocenters. The number of methoxy groups -OCH3 is 1. The molecule has 128 valence electrons.